The molecule has 0 aliphatic heterocycles. The van der Waals surface area contributed by atoms with Gasteiger partial charge in [-0.2, -0.15) is 0 Å². The maximum Gasteiger partial charge on any atom is 0.121 e. The van der Waals surface area contributed by atoms with Crippen molar-refractivity contribution in [1.82, 2.24) is 0 Å². The van der Waals surface area contributed by atoms with Crippen LogP contribution in [0.25, 0.3) is 0 Å². The van der Waals surface area contributed by atoms with Gasteiger partial charge in [-0.3, -0.25) is 0 Å². The van der Waals surface area contributed by atoms with Gasteiger partial charge in [0, 0.05) is 12.0 Å². The number of allylic oxidation sites excluding steroid dienone is 1. The van der Waals surface area contributed by atoms with Gasteiger partial charge < -0.3 is 4.48 Å². The second kappa shape index (κ2) is 16.5. The van der Waals surface area contributed by atoms with Gasteiger partial charge in [-0.15, -0.1) is 6.58 Å². The highest BCUT2D eigenvalue weighted by Gasteiger charge is 2.41. The summed E-state index contributed by atoms with van der Waals surface area (Å²) in [6, 6.07) is 6.89. The molecule has 0 aliphatic rings. The van der Waals surface area contributed by atoms with Crippen LogP contribution in [0, 0.1) is 6.92 Å². The normalized spacial score (nSPS) is 13.8. The predicted molar refractivity (Wildman–Crippen MR) is 150 cm³/mol. The third kappa shape index (κ3) is 9.97. The molecular formula is C32H58N+. The topological polar surface area (TPSA) is 0 Å². The molecule has 1 unspecified atom stereocenters. The van der Waals surface area contributed by atoms with E-state index in [2.05, 4.69) is 66.6 Å². The van der Waals surface area contributed by atoms with Gasteiger partial charge in [-0.25, -0.2) is 0 Å². The Morgan fingerprint density at radius 3 is 1.73 bits per heavy atom. The van der Waals surface area contributed by atoms with E-state index in [-0.39, 0.29) is 5.54 Å². The van der Waals surface area contributed by atoms with E-state index in [9.17, 15) is 0 Å². The summed E-state index contributed by atoms with van der Waals surface area (Å²) >= 11 is 0. The van der Waals surface area contributed by atoms with Crippen LogP contribution in [0.5, 0.6) is 0 Å². The molecule has 0 aliphatic carbocycles. The number of hydrogen-bond acceptors (Lipinski definition) is 0. The Bertz CT molecular complexity index is 644. The van der Waals surface area contributed by atoms with Crippen molar-refractivity contribution in [3.8, 4) is 0 Å². The molecule has 0 aromatic heterocycles. The Balaban J connectivity index is 2.34. The minimum Gasteiger partial charge on any atom is -0.320 e. The molecular weight excluding hydrogens is 398 g/mol. The standard InChI is InChI=1S/C32H58N/c1-8-11-12-13-14-15-16-17-18-19-20-21-22-23-28-33(6,7)32(5,10-3)31-27-24-26-30(25-9-2)29(31)4/h9,24,26-27H,2,8,10-23,25,28H2,1,3-7H3/q+1. The molecule has 1 aromatic rings. The highest BCUT2D eigenvalue weighted by atomic mass is 15.4. The van der Waals surface area contributed by atoms with E-state index in [0.29, 0.717) is 0 Å². The van der Waals surface area contributed by atoms with Crippen molar-refractivity contribution in [1.29, 1.82) is 0 Å². The Hall–Kier alpha value is -1.08. The van der Waals surface area contributed by atoms with E-state index < -0.39 is 0 Å². The van der Waals surface area contributed by atoms with Gasteiger partial charge in [-0.05, 0) is 44.2 Å². The van der Waals surface area contributed by atoms with Gasteiger partial charge in [0.2, 0.25) is 0 Å². The molecule has 1 heteroatoms. The molecule has 1 rings (SSSR count). The molecule has 0 spiro atoms. The van der Waals surface area contributed by atoms with Crippen molar-refractivity contribution in [2.75, 3.05) is 20.6 Å². The van der Waals surface area contributed by atoms with Crippen LogP contribution in [0.15, 0.2) is 30.9 Å². The first kappa shape index (κ1) is 30.0. The maximum absolute atomic E-state index is 3.96. The van der Waals surface area contributed by atoms with Crippen molar-refractivity contribution in [2.45, 2.75) is 136 Å². The first-order chi connectivity index (χ1) is 15.8. The van der Waals surface area contributed by atoms with Crippen LogP contribution in [0.1, 0.15) is 134 Å². The van der Waals surface area contributed by atoms with Gasteiger partial charge in [0.1, 0.15) is 5.54 Å². The molecule has 0 N–H and O–H groups in total. The van der Waals surface area contributed by atoms with Crippen molar-refractivity contribution in [3.63, 3.8) is 0 Å². The maximum atomic E-state index is 3.96. The van der Waals surface area contributed by atoms with Gasteiger partial charge in [-0.1, -0.05) is 115 Å². The predicted octanol–water partition coefficient (Wildman–Crippen LogP) is 9.91. The van der Waals surface area contributed by atoms with Crippen molar-refractivity contribution in [3.05, 3.63) is 47.5 Å². The smallest absolute Gasteiger partial charge is 0.121 e. The molecule has 1 atom stereocenters. The quantitative estimate of drug-likeness (QED) is 0.104. The van der Waals surface area contributed by atoms with Gasteiger partial charge in [0.15, 0.2) is 0 Å². The van der Waals surface area contributed by atoms with Gasteiger partial charge >= 0.3 is 0 Å². The zero-order valence-corrected chi connectivity index (χ0v) is 23.5. The van der Waals surface area contributed by atoms with Crippen LogP contribution >= 0.6 is 0 Å². The van der Waals surface area contributed by atoms with E-state index in [1.165, 1.54) is 113 Å². The summed E-state index contributed by atoms with van der Waals surface area (Å²) in [5.41, 5.74) is 4.57. The van der Waals surface area contributed by atoms with E-state index in [4.69, 9.17) is 0 Å². The molecule has 0 amide bonds. The van der Waals surface area contributed by atoms with E-state index in [0.717, 1.165) is 17.3 Å². The summed E-state index contributed by atoms with van der Waals surface area (Å²) in [6.07, 6.45) is 24.1. The average molecular weight is 457 g/mol. The number of hydrogen-bond donors (Lipinski definition) is 0. The Kier molecular flexibility index (Phi) is 15.0. The third-order valence-corrected chi connectivity index (χ3v) is 8.49. The van der Waals surface area contributed by atoms with Crippen molar-refractivity contribution < 1.29 is 4.48 Å². The Labute approximate surface area is 208 Å². The second-order valence-corrected chi connectivity index (χ2v) is 11.2. The molecule has 33 heavy (non-hydrogen) atoms. The number of rotatable bonds is 20. The summed E-state index contributed by atoms with van der Waals surface area (Å²) in [6.45, 7) is 14.7. The summed E-state index contributed by atoms with van der Waals surface area (Å²) in [5.74, 6) is 0. The summed E-state index contributed by atoms with van der Waals surface area (Å²) in [7, 11) is 4.90. The highest BCUT2D eigenvalue weighted by molar-refractivity contribution is 5.38. The first-order valence-corrected chi connectivity index (χ1v) is 14.4. The number of quaternary nitrogens is 1. The highest BCUT2D eigenvalue weighted by Crippen LogP contribution is 2.38. The molecule has 1 nitrogen and oxygen atoms in total. The second-order valence-electron chi connectivity index (χ2n) is 11.2. The number of nitrogens with zero attached hydrogens (tertiary/aromatic N) is 1. The van der Waals surface area contributed by atoms with Crippen molar-refractivity contribution in [2.24, 2.45) is 0 Å². The lowest BCUT2D eigenvalue weighted by atomic mass is 9.81. The lowest BCUT2D eigenvalue weighted by Crippen LogP contribution is -2.56. The molecule has 0 saturated carbocycles. The lowest BCUT2D eigenvalue weighted by molar-refractivity contribution is -0.948. The molecule has 190 valence electrons. The molecule has 0 radical (unpaired) electrons. The van der Waals surface area contributed by atoms with Crippen LogP contribution in [-0.2, 0) is 12.0 Å². The van der Waals surface area contributed by atoms with E-state index >= 15 is 0 Å². The van der Waals surface area contributed by atoms with Gasteiger partial charge in [0.25, 0.3) is 0 Å². The molecule has 0 bridgehead atoms. The SMILES string of the molecule is C=CCc1cccc(C(C)(CC)[N+](C)(C)CCCCCCCCCCCCCCCC)c1C. The van der Waals surface area contributed by atoms with E-state index in [1.54, 1.807) is 0 Å². The molecule has 0 fully saturated rings. The van der Waals surface area contributed by atoms with Crippen LogP contribution in [0.3, 0.4) is 0 Å². The minimum atomic E-state index is 0.151. The van der Waals surface area contributed by atoms with Crippen LogP contribution in [-0.4, -0.2) is 25.1 Å². The fraction of sp³-hybridized carbons (Fsp3) is 0.750. The monoisotopic (exact) mass is 456 g/mol. The molecule has 0 heterocycles. The number of unbranched alkanes of at least 4 members (excludes halogenated alkanes) is 13. The Morgan fingerprint density at radius 2 is 1.27 bits per heavy atom. The summed E-state index contributed by atoms with van der Waals surface area (Å²) in [5, 5.41) is 0. The zero-order chi connectivity index (χ0) is 24.6. The first-order valence-electron chi connectivity index (χ1n) is 14.4. The van der Waals surface area contributed by atoms with Gasteiger partial charge in [0.05, 0.1) is 20.6 Å². The molecule has 0 saturated heterocycles. The fourth-order valence-corrected chi connectivity index (χ4v) is 5.54. The zero-order valence-electron chi connectivity index (χ0n) is 23.5. The lowest BCUT2D eigenvalue weighted by Gasteiger charge is -2.48. The van der Waals surface area contributed by atoms with E-state index in [1.807, 2.05) is 6.08 Å². The largest absolute Gasteiger partial charge is 0.320 e. The average Bonchev–Trinajstić information content (AvgIpc) is 2.80. The minimum absolute atomic E-state index is 0.151. The molecule has 1 aromatic carbocycles. The number of benzene rings is 1. The summed E-state index contributed by atoms with van der Waals surface area (Å²) in [4.78, 5) is 0. The van der Waals surface area contributed by atoms with Crippen LogP contribution < -0.4 is 0 Å². The fourth-order valence-electron chi connectivity index (χ4n) is 5.54. The third-order valence-electron chi connectivity index (χ3n) is 8.49. The van der Waals surface area contributed by atoms with Crippen molar-refractivity contribution >= 4 is 0 Å². The Morgan fingerprint density at radius 1 is 0.788 bits per heavy atom. The summed E-state index contributed by atoms with van der Waals surface area (Å²) < 4.78 is 1.07. The van der Waals surface area contributed by atoms with Crippen LogP contribution in [0.2, 0.25) is 0 Å². The van der Waals surface area contributed by atoms with Crippen LogP contribution in [0.4, 0.5) is 0 Å².